The van der Waals surface area contributed by atoms with Crippen LogP contribution in [0.5, 0.6) is 0 Å². The topological polar surface area (TPSA) is 33.4 Å². The summed E-state index contributed by atoms with van der Waals surface area (Å²) in [7, 11) is 0. The van der Waals surface area contributed by atoms with Crippen molar-refractivity contribution >= 4 is 22.9 Å². The highest BCUT2D eigenvalue weighted by Crippen LogP contribution is 2.33. The number of hydrogen-bond acceptors (Lipinski definition) is 3. The quantitative estimate of drug-likeness (QED) is 0.855. The molecular formula is C10H9ClO2S. The molecule has 0 fully saturated rings. The number of hydrogen-bond donors (Lipinski definition) is 1. The molecule has 0 amide bonds. The molecule has 2 nitrogen and oxygen atoms in total. The van der Waals surface area contributed by atoms with Gasteiger partial charge in [-0.3, -0.25) is 0 Å². The van der Waals surface area contributed by atoms with E-state index >= 15 is 0 Å². The Balaban J connectivity index is 2.32. The van der Waals surface area contributed by atoms with Crippen molar-refractivity contribution in [3.63, 3.8) is 0 Å². The molecule has 14 heavy (non-hydrogen) atoms. The third-order valence-corrected chi connectivity index (χ3v) is 3.57. The van der Waals surface area contributed by atoms with Crippen LogP contribution in [0.15, 0.2) is 28.9 Å². The molecule has 2 aromatic rings. The fraction of sp³-hybridized carbons (Fsp3) is 0.200. The third kappa shape index (κ3) is 1.71. The summed E-state index contributed by atoms with van der Waals surface area (Å²) in [6.45, 7) is 1.91. The van der Waals surface area contributed by atoms with E-state index in [0.29, 0.717) is 10.1 Å². The molecule has 0 aliphatic heterocycles. The minimum absolute atomic E-state index is 0.544. The molecule has 2 rings (SSSR count). The van der Waals surface area contributed by atoms with Crippen molar-refractivity contribution in [1.82, 2.24) is 0 Å². The maximum absolute atomic E-state index is 9.88. The van der Waals surface area contributed by atoms with Gasteiger partial charge in [0.15, 0.2) is 0 Å². The Morgan fingerprint density at radius 2 is 2.36 bits per heavy atom. The summed E-state index contributed by atoms with van der Waals surface area (Å²) >= 11 is 7.29. The molecule has 2 aromatic heterocycles. The Morgan fingerprint density at radius 1 is 1.57 bits per heavy atom. The number of furan rings is 1. The summed E-state index contributed by atoms with van der Waals surface area (Å²) in [4.78, 5) is 0.808. The standard InChI is InChI=1S/C10H9ClO2S/c1-6-5-8(14-10(6)11)9(12)7-3-2-4-13-7/h2-5,9,12H,1H3. The van der Waals surface area contributed by atoms with Gasteiger partial charge in [0.25, 0.3) is 0 Å². The number of aliphatic hydroxyl groups excluding tert-OH is 1. The zero-order chi connectivity index (χ0) is 10.1. The van der Waals surface area contributed by atoms with E-state index in [0.717, 1.165) is 10.4 Å². The third-order valence-electron chi connectivity index (χ3n) is 1.96. The SMILES string of the molecule is Cc1cc(C(O)c2ccco2)sc1Cl. The van der Waals surface area contributed by atoms with Gasteiger partial charge in [-0.05, 0) is 30.7 Å². The average Bonchev–Trinajstić information content (AvgIpc) is 2.76. The summed E-state index contributed by atoms with van der Waals surface area (Å²) < 4.78 is 5.83. The van der Waals surface area contributed by atoms with Crippen molar-refractivity contribution in [3.05, 3.63) is 45.0 Å². The molecule has 0 radical (unpaired) electrons. The van der Waals surface area contributed by atoms with Gasteiger partial charge >= 0.3 is 0 Å². The first kappa shape index (κ1) is 9.77. The zero-order valence-corrected chi connectivity index (χ0v) is 9.10. The fourth-order valence-electron chi connectivity index (χ4n) is 1.21. The molecule has 74 valence electrons. The van der Waals surface area contributed by atoms with Gasteiger partial charge in [0, 0.05) is 4.88 Å². The van der Waals surface area contributed by atoms with Crippen molar-refractivity contribution in [2.45, 2.75) is 13.0 Å². The van der Waals surface area contributed by atoms with Crippen LogP contribution in [0.1, 0.15) is 22.3 Å². The predicted octanol–water partition coefficient (Wildman–Crippen LogP) is 3.38. The van der Waals surface area contributed by atoms with Gasteiger partial charge in [-0.2, -0.15) is 0 Å². The molecule has 0 aliphatic carbocycles. The minimum atomic E-state index is -0.707. The Morgan fingerprint density at radius 3 is 2.86 bits per heavy atom. The number of aliphatic hydroxyl groups is 1. The van der Waals surface area contributed by atoms with Gasteiger partial charge < -0.3 is 9.52 Å². The van der Waals surface area contributed by atoms with Crippen LogP contribution in [-0.4, -0.2) is 5.11 Å². The van der Waals surface area contributed by atoms with E-state index in [9.17, 15) is 5.11 Å². The molecule has 0 saturated carbocycles. The summed E-state index contributed by atoms with van der Waals surface area (Å²) in [6, 6.07) is 5.37. The molecule has 0 bridgehead atoms. The number of halogens is 1. The number of thiophene rings is 1. The van der Waals surface area contributed by atoms with E-state index in [-0.39, 0.29) is 0 Å². The maximum Gasteiger partial charge on any atom is 0.146 e. The summed E-state index contributed by atoms with van der Waals surface area (Å²) in [5, 5.41) is 9.88. The smallest absolute Gasteiger partial charge is 0.146 e. The van der Waals surface area contributed by atoms with Crippen molar-refractivity contribution in [1.29, 1.82) is 0 Å². The van der Waals surface area contributed by atoms with Crippen LogP contribution in [0.4, 0.5) is 0 Å². The first-order valence-electron chi connectivity index (χ1n) is 4.16. The molecular weight excluding hydrogens is 220 g/mol. The molecule has 1 atom stereocenters. The largest absolute Gasteiger partial charge is 0.466 e. The summed E-state index contributed by atoms with van der Waals surface area (Å²) in [6.07, 6.45) is 0.835. The van der Waals surface area contributed by atoms with Gasteiger partial charge in [0.05, 0.1) is 10.6 Å². The second-order valence-corrected chi connectivity index (χ2v) is 4.71. The van der Waals surface area contributed by atoms with Crippen LogP contribution in [0, 0.1) is 6.92 Å². The van der Waals surface area contributed by atoms with Gasteiger partial charge in [-0.15, -0.1) is 11.3 Å². The summed E-state index contributed by atoms with van der Waals surface area (Å²) in [5.41, 5.74) is 0.984. The monoisotopic (exact) mass is 228 g/mol. The van der Waals surface area contributed by atoms with E-state index < -0.39 is 6.10 Å². The Kier molecular flexibility index (Phi) is 2.63. The van der Waals surface area contributed by atoms with E-state index in [1.165, 1.54) is 11.3 Å². The van der Waals surface area contributed by atoms with Gasteiger partial charge in [-0.25, -0.2) is 0 Å². The fourth-order valence-corrected chi connectivity index (χ4v) is 2.42. The van der Waals surface area contributed by atoms with Gasteiger partial charge in [0.1, 0.15) is 11.9 Å². The van der Waals surface area contributed by atoms with Crippen molar-refractivity contribution in [2.24, 2.45) is 0 Å². The Hall–Kier alpha value is -0.770. The molecule has 2 heterocycles. The van der Waals surface area contributed by atoms with E-state index in [1.807, 2.05) is 13.0 Å². The molecule has 1 unspecified atom stereocenters. The normalized spacial score (nSPS) is 13.1. The molecule has 0 aliphatic rings. The lowest BCUT2D eigenvalue weighted by Gasteiger charge is -2.03. The highest BCUT2D eigenvalue weighted by Gasteiger charge is 2.16. The average molecular weight is 229 g/mol. The lowest BCUT2D eigenvalue weighted by Crippen LogP contribution is -1.93. The highest BCUT2D eigenvalue weighted by molar-refractivity contribution is 7.16. The molecule has 0 saturated heterocycles. The van der Waals surface area contributed by atoms with Crippen LogP contribution in [0.3, 0.4) is 0 Å². The Bertz CT molecular complexity index is 400. The van der Waals surface area contributed by atoms with E-state index in [4.69, 9.17) is 16.0 Å². The molecule has 0 aromatic carbocycles. The van der Waals surface area contributed by atoms with Crippen LogP contribution in [0.25, 0.3) is 0 Å². The number of rotatable bonds is 2. The lowest BCUT2D eigenvalue weighted by molar-refractivity contribution is 0.193. The number of aryl methyl sites for hydroxylation is 1. The molecule has 0 spiro atoms. The second-order valence-electron chi connectivity index (χ2n) is 3.02. The first-order chi connectivity index (χ1) is 6.68. The molecule has 4 heteroatoms. The van der Waals surface area contributed by atoms with Crippen LogP contribution < -0.4 is 0 Å². The van der Waals surface area contributed by atoms with Crippen molar-refractivity contribution in [2.75, 3.05) is 0 Å². The van der Waals surface area contributed by atoms with Crippen LogP contribution in [0.2, 0.25) is 4.34 Å². The van der Waals surface area contributed by atoms with Crippen LogP contribution in [-0.2, 0) is 0 Å². The maximum atomic E-state index is 9.88. The summed E-state index contributed by atoms with van der Waals surface area (Å²) in [5.74, 6) is 0.544. The predicted molar refractivity (Wildman–Crippen MR) is 56.8 cm³/mol. The van der Waals surface area contributed by atoms with Gasteiger partial charge in [0.2, 0.25) is 0 Å². The van der Waals surface area contributed by atoms with Gasteiger partial charge in [-0.1, -0.05) is 11.6 Å². The molecule has 1 N–H and O–H groups in total. The van der Waals surface area contributed by atoms with E-state index in [1.54, 1.807) is 18.4 Å². The first-order valence-corrected chi connectivity index (χ1v) is 5.35. The minimum Gasteiger partial charge on any atom is -0.466 e. The lowest BCUT2D eigenvalue weighted by atomic mass is 10.2. The van der Waals surface area contributed by atoms with E-state index in [2.05, 4.69) is 0 Å². The highest BCUT2D eigenvalue weighted by atomic mass is 35.5. The van der Waals surface area contributed by atoms with Crippen LogP contribution >= 0.6 is 22.9 Å². The van der Waals surface area contributed by atoms with Crippen molar-refractivity contribution in [3.8, 4) is 0 Å². The Labute approximate surface area is 90.8 Å². The second kappa shape index (κ2) is 3.77. The van der Waals surface area contributed by atoms with Crippen molar-refractivity contribution < 1.29 is 9.52 Å². The zero-order valence-electron chi connectivity index (χ0n) is 7.53.